The van der Waals surface area contributed by atoms with Crippen LogP contribution < -0.4 is 9.46 Å². The smallest absolute Gasteiger partial charge is 0.322 e. The maximum Gasteiger partial charge on any atom is 0.322 e. The summed E-state index contributed by atoms with van der Waals surface area (Å²) in [4.78, 5) is -0.101. The molecule has 0 spiro atoms. The van der Waals surface area contributed by atoms with E-state index in [1.165, 1.54) is 30.3 Å². The standard InChI is InChI=1S/C18H17BrF2N4O3S/c1-3-25-17(22-23-18(25)28-14-7-4-12(20)5-8-14)11(2)24-29(26,27)16-9-6-13(21)10-15(16)19/h4-11,24H,3H2,1-2H3/t11-/m1/s1. The quantitative estimate of drug-likeness (QED) is 0.541. The maximum atomic E-state index is 13.3. The Morgan fingerprint density at radius 2 is 1.79 bits per heavy atom. The van der Waals surface area contributed by atoms with Gasteiger partial charge in [0.05, 0.1) is 10.9 Å². The van der Waals surface area contributed by atoms with Gasteiger partial charge in [-0.3, -0.25) is 4.57 Å². The van der Waals surface area contributed by atoms with E-state index in [0.717, 1.165) is 12.1 Å². The molecule has 1 aromatic heterocycles. The lowest BCUT2D eigenvalue weighted by atomic mass is 10.3. The fourth-order valence-electron chi connectivity index (χ4n) is 2.64. The minimum absolute atomic E-state index is 0.101. The van der Waals surface area contributed by atoms with Gasteiger partial charge in [0.1, 0.15) is 17.4 Å². The third-order valence-electron chi connectivity index (χ3n) is 3.99. The molecule has 0 saturated carbocycles. The summed E-state index contributed by atoms with van der Waals surface area (Å²) in [5, 5.41) is 7.99. The van der Waals surface area contributed by atoms with Crippen LogP contribution in [-0.2, 0) is 16.6 Å². The van der Waals surface area contributed by atoms with Gasteiger partial charge in [0, 0.05) is 11.0 Å². The third-order valence-corrected chi connectivity index (χ3v) is 6.50. The summed E-state index contributed by atoms with van der Waals surface area (Å²) >= 11 is 3.06. The van der Waals surface area contributed by atoms with Crippen molar-refractivity contribution in [2.24, 2.45) is 0 Å². The van der Waals surface area contributed by atoms with Crippen molar-refractivity contribution >= 4 is 26.0 Å². The molecular formula is C18H17BrF2N4O3S. The van der Waals surface area contributed by atoms with Crippen LogP contribution >= 0.6 is 15.9 Å². The average Bonchev–Trinajstić information content (AvgIpc) is 3.05. The van der Waals surface area contributed by atoms with E-state index in [9.17, 15) is 17.2 Å². The molecule has 0 bridgehead atoms. The lowest BCUT2D eigenvalue weighted by Crippen LogP contribution is -2.29. The zero-order valence-corrected chi connectivity index (χ0v) is 17.8. The molecule has 0 aliphatic rings. The first kappa shape index (κ1) is 21.3. The van der Waals surface area contributed by atoms with Crippen LogP contribution in [0, 0.1) is 11.6 Å². The molecule has 7 nitrogen and oxygen atoms in total. The van der Waals surface area contributed by atoms with Gasteiger partial charge in [-0.25, -0.2) is 21.9 Å². The van der Waals surface area contributed by atoms with Crippen LogP contribution in [0.4, 0.5) is 8.78 Å². The number of nitrogens with zero attached hydrogens (tertiary/aromatic N) is 3. The first-order valence-corrected chi connectivity index (χ1v) is 10.8. The molecule has 0 unspecified atom stereocenters. The zero-order valence-electron chi connectivity index (χ0n) is 15.4. The van der Waals surface area contributed by atoms with Gasteiger partial charge >= 0.3 is 6.01 Å². The SMILES string of the molecule is CCn1c(Oc2ccc(F)cc2)nnc1[C@@H](C)NS(=O)(=O)c1ccc(F)cc1Br. The summed E-state index contributed by atoms with van der Waals surface area (Å²) in [7, 11) is -3.96. The summed E-state index contributed by atoms with van der Waals surface area (Å²) in [6.45, 7) is 3.83. The summed E-state index contributed by atoms with van der Waals surface area (Å²) < 4.78 is 61.5. The van der Waals surface area contributed by atoms with Gasteiger partial charge in [-0.2, -0.15) is 0 Å². The highest BCUT2D eigenvalue weighted by molar-refractivity contribution is 9.10. The van der Waals surface area contributed by atoms with Gasteiger partial charge in [0.25, 0.3) is 0 Å². The Morgan fingerprint density at radius 3 is 2.41 bits per heavy atom. The molecule has 1 atom stereocenters. The van der Waals surface area contributed by atoms with Gasteiger partial charge in [0.2, 0.25) is 10.0 Å². The third kappa shape index (κ3) is 4.80. The van der Waals surface area contributed by atoms with Crippen LogP contribution in [0.5, 0.6) is 11.8 Å². The van der Waals surface area contributed by atoms with Crippen molar-refractivity contribution in [3.8, 4) is 11.8 Å². The van der Waals surface area contributed by atoms with Gasteiger partial charge in [-0.15, -0.1) is 5.10 Å². The van der Waals surface area contributed by atoms with Crippen LogP contribution in [0.2, 0.25) is 0 Å². The number of nitrogens with one attached hydrogen (secondary N) is 1. The molecule has 29 heavy (non-hydrogen) atoms. The van der Waals surface area contributed by atoms with E-state index in [-0.39, 0.29) is 15.4 Å². The summed E-state index contributed by atoms with van der Waals surface area (Å²) in [5.41, 5.74) is 0. The average molecular weight is 487 g/mol. The monoisotopic (exact) mass is 486 g/mol. The van der Waals surface area contributed by atoms with Crippen molar-refractivity contribution in [3.05, 3.63) is 64.4 Å². The minimum atomic E-state index is -3.96. The first-order valence-electron chi connectivity index (χ1n) is 8.55. The normalized spacial score (nSPS) is 12.7. The number of aromatic nitrogens is 3. The Balaban J connectivity index is 1.84. The predicted molar refractivity (Wildman–Crippen MR) is 105 cm³/mol. The number of sulfonamides is 1. The molecule has 1 heterocycles. The van der Waals surface area contributed by atoms with E-state index in [2.05, 4.69) is 30.8 Å². The Morgan fingerprint density at radius 1 is 1.14 bits per heavy atom. The van der Waals surface area contributed by atoms with E-state index in [1.807, 2.05) is 6.92 Å². The van der Waals surface area contributed by atoms with E-state index in [4.69, 9.17) is 4.74 Å². The lowest BCUT2D eigenvalue weighted by molar-refractivity contribution is 0.407. The van der Waals surface area contributed by atoms with E-state index in [1.54, 1.807) is 11.5 Å². The van der Waals surface area contributed by atoms with Gasteiger partial charge in [-0.05, 0) is 72.2 Å². The van der Waals surface area contributed by atoms with Crippen LogP contribution in [0.1, 0.15) is 25.7 Å². The Kier molecular flexibility index (Phi) is 6.30. The Labute approximate surface area is 174 Å². The molecule has 11 heteroatoms. The summed E-state index contributed by atoms with van der Waals surface area (Å²) in [6, 6.07) is 8.08. The molecule has 1 N–H and O–H groups in total. The van der Waals surface area contributed by atoms with Crippen LogP contribution in [0.25, 0.3) is 0 Å². The second kappa shape index (κ2) is 8.56. The van der Waals surface area contributed by atoms with Gasteiger partial charge in [0.15, 0.2) is 5.82 Å². The van der Waals surface area contributed by atoms with Crippen molar-refractivity contribution < 1.29 is 21.9 Å². The molecule has 3 aromatic rings. The van der Waals surface area contributed by atoms with Crippen LogP contribution in [0.15, 0.2) is 51.8 Å². The highest BCUT2D eigenvalue weighted by Crippen LogP contribution is 2.26. The number of hydrogen-bond acceptors (Lipinski definition) is 5. The van der Waals surface area contributed by atoms with Crippen molar-refractivity contribution in [1.82, 2.24) is 19.5 Å². The second-order valence-corrected chi connectivity index (χ2v) is 8.60. The van der Waals surface area contributed by atoms with Crippen molar-refractivity contribution in [2.45, 2.75) is 31.3 Å². The van der Waals surface area contributed by atoms with Crippen LogP contribution in [0.3, 0.4) is 0 Å². The van der Waals surface area contributed by atoms with E-state index < -0.39 is 27.7 Å². The lowest BCUT2D eigenvalue weighted by Gasteiger charge is -2.16. The number of benzene rings is 2. The number of halogens is 3. The molecule has 0 aliphatic carbocycles. The Hall–Kier alpha value is -2.37. The fourth-order valence-corrected chi connectivity index (χ4v) is 4.89. The molecule has 0 radical (unpaired) electrons. The number of rotatable bonds is 7. The maximum absolute atomic E-state index is 13.3. The Bertz CT molecular complexity index is 1120. The summed E-state index contributed by atoms with van der Waals surface area (Å²) in [5.74, 6) is -0.267. The van der Waals surface area contributed by atoms with Crippen molar-refractivity contribution in [1.29, 1.82) is 0 Å². The highest BCUT2D eigenvalue weighted by Gasteiger charge is 2.25. The molecule has 0 fully saturated rings. The summed E-state index contributed by atoms with van der Waals surface area (Å²) in [6.07, 6.45) is 0. The van der Waals surface area contributed by atoms with Gasteiger partial charge < -0.3 is 4.74 Å². The second-order valence-electron chi connectivity index (χ2n) is 6.06. The predicted octanol–water partition coefficient (Wildman–Crippen LogP) is 4.17. The molecule has 2 aromatic carbocycles. The fraction of sp³-hybridized carbons (Fsp3) is 0.222. The van der Waals surface area contributed by atoms with E-state index in [0.29, 0.717) is 18.1 Å². The van der Waals surface area contributed by atoms with Crippen molar-refractivity contribution in [2.75, 3.05) is 0 Å². The number of ether oxygens (including phenoxy) is 1. The van der Waals surface area contributed by atoms with Crippen molar-refractivity contribution in [3.63, 3.8) is 0 Å². The van der Waals surface area contributed by atoms with Gasteiger partial charge in [-0.1, -0.05) is 5.10 Å². The molecule has 0 saturated heterocycles. The zero-order chi connectivity index (χ0) is 21.2. The first-order chi connectivity index (χ1) is 13.7. The topological polar surface area (TPSA) is 86.1 Å². The molecule has 154 valence electrons. The molecule has 3 rings (SSSR count). The minimum Gasteiger partial charge on any atom is -0.424 e. The van der Waals surface area contributed by atoms with E-state index >= 15 is 0 Å². The molecule has 0 aliphatic heterocycles. The molecular weight excluding hydrogens is 470 g/mol. The highest BCUT2D eigenvalue weighted by atomic mass is 79.9. The molecule has 0 amide bonds. The van der Waals surface area contributed by atoms with Crippen LogP contribution in [-0.4, -0.2) is 23.2 Å². The largest absolute Gasteiger partial charge is 0.424 e. The number of hydrogen-bond donors (Lipinski definition) is 1.